The summed E-state index contributed by atoms with van der Waals surface area (Å²) < 4.78 is 35.5. The zero-order valence-corrected chi connectivity index (χ0v) is 36.3. The zero-order chi connectivity index (χ0) is 43.2. The second-order valence-corrected chi connectivity index (χ2v) is 18.0. The van der Waals surface area contributed by atoms with Crippen LogP contribution in [-0.4, -0.2) is 71.4 Å². The first-order valence-corrected chi connectivity index (χ1v) is 22.9. The van der Waals surface area contributed by atoms with Gasteiger partial charge in [0.1, 0.15) is 12.4 Å². The third-order valence-electron chi connectivity index (χ3n) is 11.3. The zero-order valence-electron chi connectivity index (χ0n) is 35.5. The minimum absolute atomic E-state index is 0.271. The van der Waals surface area contributed by atoms with Crippen LogP contribution >= 0.6 is 0 Å². The molecule has 0 aliphatic carbocycles. The second kappa shape index (κ2) is 18.4. The van der Waals surface area contributed by atoms with Gasteiger partial charge in [0.15, 0.2) is 0 Å². The van der Waals surface area contributed by atoms with Gasteiger partial charge >= 0.3 is 0 Å². The quantitative estimate of drug-likeness (QED) is 0.0539. The molecule has 0 radical (unpaired) electrons. The molecule has 2 heterocycles. The summed E-state index contributed by atoms with van der Waals surface area (Å²) in [6.45, 7) is 4.79. The standard InChI is InChI=1S/C52H52N6O3S/c1-4-35-58(2,3)38-44-31-18-20-33-46(44)52(55-47(39-22-9-5-10-23-39)48(56-52)40-24-11-6-12-25-40)57-50(42-28-15-8-16-29-42)49(41-26-13-7-14-27-41)54-51(57)45-32-19-17-30-43(45)37-53-34-21-36-62(59,60)61/h5-20,22-33,53H,4,21,34-38H2,1-3H3/p+1. The van der Waals surface area contributed by atoms with Gasteiger partial charge in [-0.25, -0.2) is 15.0 Å². The summed E-state index contributed by atoms with van der Waals surface area (Å²) in [5.41, 5.74) is 11.0. The van der Waals surface area contributed by atoms with E-state index in [0.717, 1.165) is 91.3 Å². The Labute approximate surface area is 365 Å². The van der Waals surface area contributed by atoms with Crippen LogP contribution in [0.2, 0.25) is 0 Å². The van der Waals surface area contributed by atoms with Crippen LogP contribution in [0.1, 0.15) is 47.6 Å². The second-order valence-electron chi connectivity index (χ2n) is 16.4. The fourth-order valence-electron chi connectivity index (χ4n) is 8.57. The van der Waals surface area contributed by atoms with Crippen LogP contribution < -0.4 is 5.32 Å². The van der Waals surface area contributed by atoms with E-state index in [-0.39, 0.29) is 12.2 Å². The molecule has 0 saturated heterocycles. The largest absolute Gasteiger partial charge is 0.325 e. The molecule has 0 bridgehead atoms. The summed E-state index contributed by atoms with van der Waals surface area (Å²) >= 11 is 0. The minimum atomic E-state index is -4.07. The lowest BCUT2D eigenvalue weighted by Crippen LogP contribution is -2.41. The summed E-state index contributed by atoms with van der Waals surface area (Å²) in [5.74, 6) is -1.02. The fraction of sp³-hybridized carbons (Fsp3) is 0.212. The Hall–Kier alpha value is -6.30. The van der Waals surface area contributed by atoms with E-state index >= 15 is 0 Å². The van der Waals surface area contributed by atoms with Crippen LogP contribution in [0.4, 0.5) is 0 Å². The molecule has 7 aromatic rings. The lowest BCUT2D eigenvalue weighted by atomic mass is 9.97. The summed E-state index contributed by atoms with van der Waals surface area (Å²) in [6, 6.07) is 58.2. The highest BCUT2D eigenvalue weighted by Crippen LogP contribution is 2.48. The Morgan fingerprint density at radius 1 is 0.645 bits per heavy atom. The first kappa shape index (κ1) is 42.4. The van der Waals surface area contributed by atoms with Crippen LogP contribution in [0, 0.1) is 0 Å². The van der Waals surface area contributed by atoms with Gasteiger partial charge in [0.05, 0.1) is 49.2 Å². The first-order valence-electron chi connectivity index (χ1n) is 21.3. The molecular weight excluding hydrogens is 789 g/mol. The van der Waals surface area contributed by atoms with Crippen LogP contribution in [0.25, 0.3) is 33.9 Å². The molecule has 10 heteroatoms. The molecule has 0 fully saturated rings. The number of imidazole rings is 1. The number of quaternary nitrogens is 1. The van der Waals surface area contributed by atoms with Crippen LogP contribution in [0.3, 0.4) is 0 Å². The van der Waals surface area contributed by atoms with E-state index in [1.807, 2.05) is 72.8 Å². The average Bonchev–Trinajstić information content (AvgIpc) is 3.89. The van der Waals surface area contributed by atoms with Gasteiger partial charge in [0.2, 0.25) is 0 Å². The van der Waals surface area contributed by atoms with Crippen molar-refractivity contribution in [3.05, 3.63) is 198 Å². The SMILES string of the molecule is CCC[N+](C)(C)Cc1ccccc1C1(n2c(-c3ccccc3CNCCCS(=O)(=O)O)nc(-c3ccccc3)c2-c2ccccc2)N=C(c2ccccc2)C(c2ccccc2)=N1. The summed E-state index contributed by atoms with van der Waals surface area (Å²) in [5, 5.41) is 3.43. The van der Waals surface area contributed by atoms with E-state index in [1.165, 1.54) is 0 Å². The van der Waals surface area contributed by atoms with E-state index in [0.29, 0.717) is 18.9 Å². The monoisotopic (exact) mass is 841 g/mol. The number of nitrogens with one attached hydrogen (secondary N) is 1. The van der Waals surface area contributed by atoms with Crippen LogP contribution in [-0.2, 0) is 29.0 Å². The Morgan fingerprint density at radius 2 is 1.15 bits per heavy atom. The predicted molar refractivity (Wildman–Crippen MR) is 252 cm³/mol. The van der Waals surface area contributed by atoms with E-state index in [1.54, 1.807) is 0 Å². The highest BCUT2D eigenvalue weighted by Gasteiger charge is 2.47. The molecule has 9 nitrogen and oxygen atoms in total. The van der Waals surface area contributed by atoms with Gasteiger partial charge in [-0.15, -0.1) is 0 Å². The molecule has 6 aromatic carbocycles. The van der Waals surface area contributed by atoms with Crippen molar-refractivity contribution in [2.24, 2.45) is 9.98 Å². The van der Waals surface area contributed by atoms with Crippen molar-refractivity contribution < 1.29 is 17.5 Å². The summed E-state index contributed by atoms with van der Waals surface area (Å²) in [6.07, 6.45) is 1.31. The van der Waals surface area contributed by atoms with Crippen molar-refractivity contribution in [3.63, 3.8) is 0 Å². The molecule has 1 aliphatic rings. The van der Waals surface area contributed by atoms with Crippen molar-refractivity contribution in [3.8, 4) is 33.9 Å². The molecule has 1 aliphatic heterocycles. The van der Waals surface area contributed by atoms with Gasteiger partial charge in [-0.2, -0.15) is 8.42 Å². The molecule has 0 amide bonds. The van der Waals surface area contributed by atoms with E-state index in [9.17, 15) is 13.0 Å². The number of nitrogens with zero attached hydrogens (tertiary/aromatic N) is 5. The van der Waals surface area contributed by atoms with Gasteiger partial charge in [0.25, 0.3) is 15.9 Å². The molecule has 1 aromatic heterocycles. The van der Waals surface area contributed by atoms with Crippen molar-refractivity contribution in [1.82, 2.24) is 14.9 Å². The van der Waals surface area contributed by atoms with Gasteiger partial charge in [0, 0.05) is 45.5 Å². The van der Waals surface area contributed by atoms with E-state index < -0.39 is 15.9 Å². The van der Waals surface area contributed by atoms with Gasteiger partial charge in [-0.3, -0.25) is 9.12 Å². The number of aromatic nitrogens is 2. The molecule has 0 atom stereocenters. The predicted octanol–water partition coefficient (Wildman–Crippen LogP) is 9.89. The van der Waals surface area contributed by atoms with Crippen LogP contribution in [0.15, 0.2) is 180 Å². The summed E-state index contributed by atoms with van der Waals surface area (Å²) in [4.78, 5) is 17.6. The lowest BCUT2D eigenvalue weighted by molar-refractivity contribution is -0.903. The third kappa shape index (κ3) is 9.15. The number of aliphatic imine (C=N–C) groups is 2. The van der Waals surface area contributed by atoms with Crippen molar-refractivity contribution in [1.29, 1.82) is 0 Å². The first-order chi connectivity index (χ1) is 30.1. The Kier molecular flexibility index (Phi) is 12.6. The fourth-order valence-corrected chi connectivity index (χ4v) is 9.08. The molecule has 0 saturated carbocycles. The number of rotatable bonds is 17. The van der Waals surface area contributed by atoms with E-state index in [2.05, 4.69) is 128 Å². The molecule has 8 rings (SSSR count). The number of hydrogen-bond donors (Lipinski definition) is 2. The van der Waals surface area contributed by atoms with Gasteiger partial charge < -0.3 is 9.80 Å². The van der Waals surface area contributed by atoms with Gasteiger partial charge in [-0.05, 0) is 24.9 Å². The highest BCUT2D eigenvalue weighted by molar-refractivity contribution is 7.85. The topological polar surface area (TPSA) is 109 Å². The maximum absolute atomic E-state index is 11.5. The maximum atomic E-state index is 11.5. The van der Waals surface area contributed by atoms with Crippen LogP contribution in [0.5, 0.6) is 0 Å². The van der Waals surface area contributed by atoms with Crippen molar-refractivity contribution >= 4 is 21.5 Å². The third-order valence-corrected chi connectivity index (χ3v) is 12.1. The molecule has 314 valence electrons. The lowest BCUT2D eigenvalue weighted by Gasteiger charge is -2.34. The molecule has 62 heavy (non-hydrogen) atoms. The van der Waals surface area contributed by atoms with Crippen molar-refractivity contribution in [2.45, 2.75) is 38.6 Å². The molecule has 2 N–H and O–H groups in total. The molecular formula is C52H53N6O3S+. The molecule has 0 spiro atoms. The Bertz CT molecular complexity index is 2750. The highest BCUT2D eigenvalue weighted by atomic mass is 32.2. The minimum Gasteiger partial charge on any atom is -0.325 e. The molecule has 0 unspecified atom stereocenters. The smallest absolute Gasteiger partial charge is 0.264 e. The summed E-state index contributed by atoms with van der Waals surface area (Å²) in [7, 11) is 0.492. The average molecular weight is 842 g/mol. The number of hydrogen-bond acceptors (Lipinski definition) is 6. The Balaban J connectivity index is 1.50. The normalized spacial score (nSPS) is 13.8. The maximum Gasteiger partial charge on any atom is 0.264 e. The van der Waals surface area contributed by atoms with Crippen molar-refractivity contribution in [2.75, 3.05) is 32.9 Å². The Morgan fingerprint density at radius 3 is 1.71 bits per heavy atom. The van der Waals surface area contributed by atoms with Gasteiger partial charge in [-0.1, -0.05) is 177 Å². The van der Waals surface area contributed by atoms with E-state index in [4.69, 9.17) is 15.0 Å². The number of benzene rings is 6.